The van der Waals surface area contributed by atoms with Gasteiger partial charge < -0.3 is 4.57 Å². The van der Waals surface area contributed by atoms with Gasteiger partial charge in [-0.05, 0) is 30.0 Å². The van der Waals surface area contributed by atoms with Gasteiger partial charge in [0.2, 0.25) is 0 Å². The minimum absolute atomic E-state index is 0.725. The standard InChI is InChI=1S/C14H14N2/c1-16-11-13(9-14(16)10-15)8-7-12-5-3-2-4-6-12/h2-6,9,11H,7-8H2,1H3. The Morgan fingerprint density at radius 3 is 2.44 bits per heavy atom. The van der Waals surface area contributed by atoms with Crippen molar-refractivity contribution in [3.05, 3.63) is 59.4 Å². The molecule has 0 N–H and O–H groups in total. The molecule has 0 saturated heterocycles. The van der Waals surface area contributed by atoms with Crippen molar-refractivity contribution in [2.24, 2.45) is 7.05 Å². The number of aryl methyl sites for hydroxylation is 3. The predicted molar refractivity (Wildman–Crippen MR) is 64.0 cm³/mol. The Balaban J connectivity index is 2.03. The number of aromatic nitrogens is 1. The Morgan fingerprint density at radius 1 is 1.12 bits per heavy atom. The maximum Gasteiger partial charge on any atom is 0.120 e. The molecule has 0 aliphatic heterocycles. The highest BCUT2D eigenvalue weighted by Gasteiger charge is 2.02. The summed E-state index contributed by atoms with van der Waals surface area (Å²) in [6, 6.07) is 14.5. The maximum atomic E-state index is 8.85. The SMILES string of the molecule is Cn1cc(CCc2ccccc2)cc1C#N. The summed E-state index contributed by atoms with van der Waals surface area (Å²) in [5.74, 6) is 0. The van der Waals surface area contributed by atoms with E-state index in [1.54, 1.807) is 0 Å². The molecule has 2 heteroatoms. The summed E-state index contributed by atoms with van der Waals surface area (Å²) in [5, 5.41) is 8.85. The van der Waals surface area contributed by atoms with Gasteiger partial charge in [-0.1, -0.05) is 30.3 Å². The number of nitriles is 1. The lowest BCUT2D eigenvalue weighted by Gasteiger charge is -1.98. The summed E-state index contributed by atoms with van der Waals surface area (Å²) < 4.78 is 1.88. The monoisotopic (exact) mass is 210 g/mol. The first kappa shape index (κ1) is 10.5. The summed E-state index contributed by atoms with van der Waals surface area (Å²) in [5.41, 5.74) is 3.29. The van der Waals surface area contributed by atoms with Gasteiger partial charge in [0.25, 0.3) is 0 Å². The second-order valence-corrected chi connectivity index (χ2v) is 3.94. The van der Waals surface area contributed by atoms with Crippen LogP contribution in [0.1, 0.15) is 16.8 Å². The van der Waals surface area contributed by atoms with Gasteiger partial charge >= 0.3 is 0 Å². The Bertz CT molecular complexity index is 503. The van der Waals surface area contributed by atoms with Gasteiger partial charge in [0, 0.05) is 13.2 Å². The van der Waals surface area contributed by atoms with Crippen molar-refractivity contribution in [1.82, 2.24) is 4.57 Å². The molecule has 0 amide bonds. The minimum Gasteiger partial charge on any atom is -0.342 e. The minimum atomic E-state index is 0.725. The molecule has 0 aliphatic rings. The van der Waals surface area contributed by atoms with Gasteiger partial charge in [-0.3, -0.25) is 0 Å². The molecule has 1 heterocycles. The first-order chi connectivity index (χ1) is 7.79. The Hall–Kier alpha value is -2.01. The van der Waals surface area contributed by atoms with Crippen molar-refractivity contribution < 1.29 is 0 Å². The molecule has 16 heavy (non-hydrogen) atoms. The van der Waals surface area contributed by atoms with Crippen LogP contribution in [0.3, 0.4) is 0 Å². The van der Waals surface area contributed by atoms with Gasteiger partial charge in [-0.25, -0.2) is 0 Å². The van der Waals surface area contributed by atoms with E-state index in [0.29, 0.717) is 0 Å². The fourth-order valence-electron chi connectivity index (χ4n) is 1.81. The van der Waals surface area contributed by atoms with Crippen LogP contribution >= 0.6 is 0 Å². The molecule has 0 atom stereocenters. The number of hydrogen-bond donors (Lipinski definition) is 0. The van der Waals surface area contributed by atoms with E-state index in [1.807, 2.05) is 29.9 Å². The van der Waals surface area contributed by atoms with Crippen LogP contribution in [0.5, 0.6) is 0 Å². The molecule has 2 rings (SSSR count). The number of rotatable bonds is 3. The Labute approximate surface area is 95.8 Å². The number of benzene rings is 1. The number of hydrogen-bond acceptors (Lipinski definition) is 1. The van der Waals surface area contributed by atoms with E-state index < -0.39 is 0 Å². The van der Waals surface area contributed by atoms with Crippen LogP contribution in [0.25, 0.3) is 0 Å². The third kappa shape index (κ3) is 2.32. The Morgan fingerprint density at radius 2 is 1.81 bits per heavy atom. The highest BCUT2D eigenvalue weighted by atomic mass is 14.9. The van der Waals surface area contributed by atoms with E-state index in [-0.39, 0.29) is 0 Å². The average molecular weight is 210 g/mol. The molecule has 2 nitrogen and oxygen atoms in total. The summed E-state index contributed by atoms with van der Waals surface area (Å²) >= 11 is 0. The summed E-state index contributed by atoms with van der Waals surface area (Å²) in [7, 11) is 1.91. The van der Waals surface area contributed by atoms with E-state index in [1.165, 1.54) is 11.1 Å². The van der Waals surface area contributed by atoms with Crippen LogP contribution in [0.2, 0.25) is 0 Å². The van der Waals surface area contributed by atoms with Gasteiger partial charge in [0.05, 0.1) is 0 Å². The molecule has 0 aliphatic carbocycles. The van der Waals surface area contributed by atoms with Gasteiger partial charge in [-0.2, -0.15) is 5.26 Å². The van der Waals surface area contributed by atoms with Crippen LogP contribution in [0, 0.1) is 11.3 Å². The van der Waals surface area contributed by atoms with Crippen molar-refractivity contribution in [2.45, 2.75) is 12.8 Å². The van der Waals surface area contributed by atoms with Gasteiger partial charge in [0.1, 0.15) is 11.8 Å². The fourth-order valence-corrected chi connectivity index (χ4v) is 1.81. The smallest absolute Gasteiger partial charge is 0.120 e. The van der Waals surface area contributed by atoms with Gasteiger partial charge in [-0.15, -0.1) is 0 Å². The molecule has 0 fully saturated rings. The topological polar surface area (TPSA) is 28.7 Å². The van der Waals surface area contributed by atoms with Crippen LogP contribution in [0.15, 0.2) is 42.6 Å². The molecular weight excluding hydrogens is 196 g/mol. The van der Waals surface area contributed by atoms with Crippen molar-refractivity contribution >= 4 is 0 Å². The van der Waals surface area contributed by atoms with E-state index in [0.717, 1.165) is 18.5 Å². The molecule has 0 radical (unpaired) electrons. The predicted octanol–water partition coefficient (Wildman–Crippen LogP) is 2.68. The maximum absolute atomic E-state index is 8.85. The first-order valence-corrected chi connectivity index (χ1v) is 5.39. The summed E-state index contributed by atoms with van der Waals surface area (Å²) in [6.45, 7) is 0. The average Bonchev–Trinajstić information content (AvgIpc) is 2.69. The zero-order valence-corrected chi connectivity index (χ0v) is 9.35. The van der Waals surface area contributed by atoms with Crippen LogP contribution in [0.4, 0.5) is 0 Å². The van der Waals surface area contributed by atoms with Crippen LogP contribution in [-0.4, -0.2) is 4.57 Å². The third-order valence-electron chi connectivity index (χ3n) is 2.72. The molecular formula is C14H14N2. The first-order valence-electron chi connectivity index (χ1n) is 5.39. The lowest BCUT2D eigenvalue weighted by molar-refractivity contribution is 0.891. The molecule has 1 aromatic heterocycles. The highest BCUT2D eigenvalue weighted by Crippen LogP contribution is 2.10. The van der Waals surface area contributed by atoms with Crippen molar-refractivity contribution in [2.75, 3.05) is 0 Å². The van der Waals surface area contributed by atoms with Crippen molar-refractivity contribution in [3.8, 4) is 6.07 Å². The highest BCUT2D eigenvalue weighted by molar-refractivity contribution is 5.29. The van der Waals surface area contributed by atoms with Crippen LogP contribution < -0.4 is 0 Å². The molecule has 0 saturated carbocycles. The summed E-state index contributed by atoms with van der Waals surface area (Å²) in [4.78, 5) is 0. The molecule has 2 aromatic rings. The van der Waals surface area contributed by atoms with Crippen molar-refractivity contribution in [3.63, 3.8) is 0 Å². The zero-order valence-electron chi connectivity index (χ0n) is 9.35. The lowest BCUT2D eigenvalue weighted by atomic mass is 10.1. The second-order valence-electron chi connectivity index (χ2n) is 3.94. The van der Waals surface area contributed by atoms with E-state index >= 15 is 0 Å². The van der Waals surface area contributed by atoms with E-state index in [4.69, 9.17) is 5.26 Å². The number of nitrogens with zero attached hydrogens (tertiary/aromatic N) is 2. The Kier molecular flexibility index (Phi) is 3.07. The van der Waals surface area contributed by atoms with E-state index in [9.17, 15) is 0 Å². The fraction of sp³-hybridized carbons (Fsp3) is 0.214. The lowest BCUT2D eigenvalue weighted by Crippen LogP contribution is -1.89. The molecule has 0 unspecified atom stereocenters. The molecule has 0 bridgehead atoms. The van der Waals surface area contributed by atoms with Crippen LogP contribution in [-0.2, 0) is 19.9 Å². The molecule has 80 valence electrons. The normalized spacial score (nSPS) is 10.0. The van der Waals surface area contributed by atoms with E-state index in [2.05, 4.69) is 30.3 Å². The molecule has 0 spiro atoms. The molecule has 1 aromatic carbocycles. The zero-order chi connectivity index (χ0) is 11.4. The quantitative estimate of drug-likeness (QED) is 0.765. The largest absolute Gasteiger partial charge is 0.342 e. The third-order valence-corrected chi connectivity index (χ3v) is 2.72. The van der Waals surface area contributed by atoms with Gasteiger partial charge in [0.15, 0.2) is 0 Å². The van der Waals surface area contributed by atoms with Crippen molar-refractivity contribution in [1.29, 1.82) is 5.26 Å². The summed E-state index contributed by atoms with van der Waals surface area (Å²) in [6.07, 6.45) is 4.04. The second kappa shape index (κ2) is 4.67.